The first-order valence-corrected chi connectivity index (χ1v) is 10.2. The molecule has 0 fully saturated rings. The number of carbonyl (C=O) groups excluding carboxylic acids is 1. The smallest absolute Gasteiger partial charge is 0.259 e. The number of halogens is 2. The number of pyridine rings is 1. The molecule has 0 aliphatic carbocycles. The Labute approximate surface area is 190 Å². The van der Waals surface area contributed by atoms with Crippen molar-refractivity contribution in [1.29, 1.82) is 0 Å². The van der Waals surface area contributed by atoms with E-state index in [0.29, 0.717) is 41.8 Å². The van der Waals surface area contributed by atoms with E-state index in [1.165, 1.54) is 38.5 Å². The van der Waals surface area contributed by atoms with Crippen molar-refractivity contribution in [2.45, 2.75) is 13.0 Å². The lowest BCUT2D eigenvalue weighted by molar-refractivity contribution is -0.697. The highest BCUT2D eigenvalue weighted by Gasteiger charge is 2.18. The van der Waals surface area contributed by atoms with E-state index in [1.807, 2.05) is 10.8 Å². The molecule has 0 atom stereocenters. The maximum absolute atomic E-state index is 12.9. The second-order valence-electron chi connectivity index (χ2n) is 6.85. The molecule has 0 unspecified atom stereocenters. The van der Waals surface area contributed by atoms with Crippen molar-refractivity contribution in [2.24, 2.45) is 0 Å². The summed E-state index contributed by atoms with van der Waals surface area (Å²) in [6.45, 7) is 1.13. The molecule has 0 saturated heterocycles. The van der Waals surface area contributed by atoms with E-state index in [0.717, 1.165) is 6.42 Å². The largest absolute Gasteiger partial charge is 0.496 e. The average molecular weight is 461 g/mol. The number of nitrogen functional groups attached to an aromatic ring is 1. The minimum absolute atomic E-state index is 0.253. The number of aryl methyl sites for hydroxylation is 1. The highest BCUT2D eigenvalue weighted by molar-refractivity contribution is 6.33. The van der Waals surface area contributed by atoms with E-state index in [1.54, 1.807) is 24.4 Å². The molecule has 1 aromatic heterocycles. The number of carbonyl (C=O) groups is 1. The number of nitrogens with zero attached hydrogens (tertiary/aromatic N) is 1. The van der Waals surface area contributed by atoms with Gasteiger partial charge in [0.15, 0.2) is 12.7 Å². The normalized spacial score (nSPS) is 10.5. The lowest BCUT2D eigenvalue weighted by Gasteiger charge is -2.13. The number of benzene rings is 2. The zero-order valence-electron chi connectivity index (χ0n) is 17.7. The van der Waals surface area contributed by atoms with Crippen LogP contribution in [0.3, 0.4) is 0 Å². The minimum Gasteiger partial charge on any atom is -0.496 e. The van der Waals surface area contributed by atoms with Crippen LogP contribution in [-0.4, -0.2) is 26.7 Å². The molecule has 0 saturated carbocycles. The summed E-state index contributed by atoms with van der Waals surface area (Å²) in [6.07, 6.45) is 4.32. The predicted octanol–water partition coefficient (Wildman–Crippen LogP) is 4.09. The number of rotatable bonds is 9. The van der Waals surface area contributed by atoms with Gasteiger partial charge in [0.1, 0.15) is 17.3 Å². The molecule has 1 amide bonds. The summed E-state index contributed by atoms with van der Waals surface area (Å²) in [5.41, 5.74) is 6.84. The summed E-state index contributed by atoms with van der Waals surface area (Å²) >= 11 is 6.06. The Hall–Kier alpha value is -3.52. The van der Waals surface area contributed by atoms with Crippen molar-refractivity contribution in [1.82, 2.24) is 0 Å². The number of anilines is 2. The van der Waals surface area contributed by atoms with Crippen LogP contribution in [0.5, 0.6) is 17.2 Å². The first-order chi connectivity index (χ1) is 15.4. The Morgan fingerprint density at radius 3 is 2.53 bits per heavy atom. The molecule has 1 heterocycles. The van der Waals surface area contributed by atoms with Crippen molar-refractivity contribution in [3.63, 3.8) is 0 Å². The van der Waals surface area contributed by atoms with Crippen LogP contribution >= 0.6 is 11.6 Å². The molecule has 0 aliphatic heterocycles. The fourth-order valence-electron chi connectivity index (χ4n) is 2.99. The molecule has 9 heteroatoms. The van der Waals surface area contributed by atoms with Crippen molar-refractivity contribution < 1.29 is 28.0 Å². The monoisotopic (exact) mass is 460 g/mol. The molecule has 3 N–H and O–H groups in total. The number of methoxy groups -OCH3 is 2. The van der Waals surface area contributed by atoms with Crippen LogP contribution in [0.25, 0.3) is 0 Å². The third-order valence-corrected chi connectivity index (χ3v) is 4.98. The summed E-state index contributed by atoms with van der Waals surface area (Å²) in [6, 6.07) is 10.6. The van der Waals surface area contributed by atoms with Crippen LogP contribution in [0.4, 0.5) is 15.8 Å². The van der Waals surface area contributed by atoms with Gasteiger partial charge in [0, 0.05) is 18.6 Å². The van der Waals surface area contributed by atoms with Gasteiger partial charge in [0.25, 0.3) is 5.91 Å². The molecular formula is C23H24ClFN3O4+. The Balaban J connectivity index is 1.63. The summed E-state index contributed by atoms with van der Waals surface area (Å²) in [4.78, 5) is 12.8. The molecule has 168 valence electrons. The highest BCUT2D eigenvalue weighted by atomic mass is 35.5. The van der Waals surface area contributed by atoms with Gasteiger partial charge in [-0.2, -0.15) is 0 Å². The Morgan fingerprint density at radius 2 is 1.84 bits per heavy atom. The van der Waals surface area contributed by atoms with Crippen molar-refractivity contribution >= 4 is 28.9 Å². The zero-order valence-corrected chi connectivity index (χ0v) is 18.5. The van der Waals surface area contributed by atoms with Crippen LogP contribution in [0, 0.1) is 5.82 Å². The Morgan fingerprint density at radius 1 is 1.12 bits per heavy atom. The molecule has 7 nitrogen and oxygen atoms in total. The quantitative estimate of drug-likeness (QED) is 0.285. The van der Waals surface area contributed by atoms with Crippen LogP contribution in [0.15, 0.2) is 54.9 Å². The van der Waals surface area contributed by atoms with E-state index in [-0.39, 0.29) is 16.4 Å². The first kappa shape index (κ1) is 23.1. The third-order valence-electron chi connectivity index (χ3n) is 4.66. The number of nitrogens with one attached hydrogen (secondary N) is 1. The van der Waals surface area contributed by atoms with Crippen molar-refractivity contribution in [3.05, 3.63) is 71.3 Å². The number of ether oxygens (including phenoxy) is 3. The highest BCUT2D eigenvalue weighted by Crippen LogP contribution is 2.30. The standard InChI is InChI=1S/C23H23ClFN3O4/c1-30-21-13-19(26)18(24)12-17(21)23(29)27-20-8-10-28(14-22(20)31-2)9-3-11-32-16-6-4-15(25)5-7-16/h4-8,10,12-14H,3,9,11H2,1-2H3,(H2,26,29)/p+1. The van der Waals surface area contributed by atoms with Crippen LogP contribution in [-0.2, 0) is 6.54 Å². The predicted molar refractivity (Wildman–Crippen MR) is 120 cm³/mol. The second kappa shape index (κ2) is 10.7. The molecule has 0 aliphatic rings. The molecular weight excluding hydrogens is 437 g/mol. The molecule has 0 spiro atoms. The van der Waals surface area contributed by atoms with Gasteiger partial charge in [-0.25, -0.2) is 8.96 Å². The number of nitrogens with two attached hydrogens (primary N) is 1. The SMILES string of the molecule is COc1c[n+](CCCOc2ccc(F)cc2)ccc1NC(=O)c1cc(Cl)c(N)cc1OC. The molecule has 0 radical (unpaired) electrons. The zero-order chi connectivity index (χ0) is 23.1. The minimum atomic E-state index is -0.410. The fraction of sp³-hybridized carbons (Fsp3) is 0.217. The lowest BCUT2D eigenvalue weighted by atomic mass is 10.1. The third kappa shape index (κ3) is 5.79. The Kier molecular flexibility index (Phi) is 7.72. The molecule has 3 rings (SSSR count). The van der Waals surface area contributed by atoms with Gasteiger partial charge in [-0.3, -0.25) is 4.79 Å². The summed E-state index contributed by atoms with van der Waals surface area (Å²) in [5.74, 6) is 0.708. The van der Waals surface area contributed by atoms with Gasteiger partial charge in [0.2, 0.25) is 11.9 Å². The maximum atomic E-state index is 12.9. The van der Waals surface area contributed by atoms with Crippen molar-refractivity contribution in [2.75, 3.05) is 31.9 Å². The van der Waals surface area contributed by atoms with Crippen LogP contribution < -0.4 is 29.8 Å². The molecule has 32 heavy (non-hydrogen) atoms. The molecule has 2 aromatic carbocycles. The van der Waals surface area contributed by atoms with Crippen molar-refractivity contribution in [3.8, 4) is 17.2 Å². The van der Waals surface area contributed by atoms with Gasteiger partial charge < -0.3 is 25.3 Å². The summed E-state index contributed by atoms with van der Waals surface area (Å²) in [5, 5.41) is 3.07. The van der Waals surface area contributed by atoms with Crippen LogP contribution in [0.2, 0.25) is 5.02 Å². The number of amides is 1. The first-order valence-electron chi connectivity index (χ1n) is 9.81. The number of aromatic nitrogens is 1. The van der Waals surface area contributed by atoms with Crippen LogP contribution in [0.1, 0.15) is 16.8 Å². The van der Waals surface area contributed by atoms with Gasteiger partial charge in [-0.05, 0) is 30.3 Å². The van der Waals surface area contributed by atoms with Gasteiger partial charge in [0.05, 0.1) is 42.8 Å². The van der Waals surface area contributed by atoms with E-state index in [4.69, 9.17) is 31.5 Å². The lowest BCUT2D eigenvalue weighted by Crippen LogP contribution is -2.34. The number of hydrogen-bond acceptors (Lipinski definition) is 5. The fourth-order valence-corrected chi connectivity index (χ4v) is 3.16. The van der Waals surface area contributed by atoms with E-state index < -0.39 is 5.91 Å². The van der Waals surface area contributed by atoms with Gasteiger partial charge in [-0.1, -0.05) is 11.6 Å². The number of hydrogen-bond donors (Lipinski definition) is 2. The second-order valence-corrected chi connectivity index (χ2v) is 7.26. The molecule has 0 bridgehead atoms. The van der Waals surface area contributed by atoms with E-state index in [9.17, 15) is 9.18 Å². The van der Waals surface area contributed by atoms with Gasteiger partial charge >= 0.3 is 0 Å². The average Bonchev–Trinajstić information content (AvgIpc) is 2.80. The molecule has 3 aromatic rings. The topological polar surface area (TPSA) is 86.7 Å². The van der Waals surface area contributed by atoms with E-state index >= 15 is 0 Å². The van der Waals surface area contributed by atoms with Gasteiger partial charge in [-0.15, -0.1) is 0 Å². The summed E-state index contributed by atoms with van der Waals surface area (Å²) in [7, 11) is 2.97. The summed E-state index contributed by atoms with van der Waals surface area (Å²) < 4.78 is 31.1. The maximum Gasteiger partial charge on any atom is 0.259 e. The van der Waals surface area contributed by atoms with E-state index in [2.05, 4.69) is 5.32 Å². The Bertz CT molecular complexity index is 1090.